The van der Waals surface area contributed by atoms with Crippen LogP contribution in [0.25, 0.3) is 0 Å². The first-order valence-electron chi connectivity index (χ1n) is 6.59. The Morgan fingerprint density at radius 2 is 2.19 bits per heavy atom. The summed E-state index contributed by atoms with van der Waals surface area (Å²) in [7, 11) is 1.79. The van der Waals surface area contributed by atoms with E-state index in [0.717, 1.165) is 25.6 Å². The number of rotatable bonds is 7. The molecule has 0 radical (unpaired) electrons. The van der Waals surface area contributed by atoms with Gasteiger partial charge in [-0.15, -0.1) is 0 Å². The molecule has 1 unspecified atom stereocenters. The second-order valence-corrected chi connectivity index (χ2v) is 5.34. The van der Waals surface area contributed by atoms with E-state index in [2.05, 4.69) is 31.0 Å². The van der Waals surface area contributed by atoms with E-state index in [0.29, 0.717) is 0 Å². The molecule has 1 rings (SSSR count). The number of nitrogens with one attached hydrogen (secondary N) is 1. The summed E-state index contributed by atoms with van der Waals surface area (Å²) in [5.74, 6) is 0. The summed E-state index contributed by atoms with van der Waals surface area (Å²) in [5.41, 5.74) is 0.00706. The maximum absolute atomic E-state index is 5.40. The van der Waals surface area contributed by atoms with Gasteiger partial charge in [0.25, 0.3) is 0 Å². The highest BCUT2D eigenvalue weighted by Gasteiger charge is 2.22. The molecule has 96 valence electrons. The van der Waals surface area contributed by atoms with E-state index in [-0.39, 0.29) is 5.60 Å². The molecule has 0 aromatic rings. The van der Waals surface area contributed by atoms with Gasteiger partial charge in [0.05, 0.1) is 5.60 Å². The van der Waals surface area contributed by atoms with Crippen LogP contribution in [0, 0.1) is 0 Å². The monoisotopic (exact) mass is 228 g/mol. The van der Waals surface area contributed by atoms with Gasteiger partial charge in [0.1, 0.15) is 0 Å². The van der Waals surface area contributed by atoms with Crippen LogP contribution in [0.15, 0.2) is 0 Å². The summed E-state index contributed by atoms with van der Waals surface area (Å²) >= 11 is 0. The molecule has 0 saturated carbocycles. The smallest absolute Gasteiger partial charge is 0.0634 e. The minimum Gasteiger partial charge on any atom is -0.379 e. The molecule has 0 aliphatic carbocycles. The van der Waals surface area contributed by atoms with Gasteiger partial charge in [-0.05, 0) is 52.7 Å². The first-order valence-corrected chi connectivity index (χ1v) is 6.59. The predicted molar refractivity (Wildman–Crippen MR) is 68.8 cm³/mol. The summed E-state index contributed by atoms with van der Waals surface area (Å²) in [6.45, 7) is 11.2. The number of methoxy groups -OCH3 is 1. The zero-order chi connectivity index (χ0) is 12.0. The molecule has 1 atom stereocenters. The van der Waals surface area contributed by atoms with Gasteiger partial charge in [0.15, 0.2) is 0 Å². The van der Waals surface area contributed by atoms with Crippen molar-refractivity contribution >= 4 is 0 Å². The second kappa shape index (κ2) is 6.58. The SMILES string of the molecule is CCN1CCCC1CNCCC(C)(C)OC. The van der Waals surface area contributed by atoms with Crippen LogP contribution < -0.4 is 5.32 Å². The standard InChI is InChI=1S/C13H28N2O/c1-5-15-10-6-7-12(15)11-14-9-8-13(2,3)16-4/h12,14H,5-11H2,1-4H3. The molecule has 0 aromatic heterocycles. The number of likely N-dealkylation sites (N-methyl/N-ethyl adjacent to an activating group) is 1. The molecule has 0 aromatic carbocycles. The highest BCUT2D eigenvalue weighted by Crippen LogP contribution is 2.16. The average molecular weight is 228 g/mol. The number of likely N-dealkylation sites (tertiary alicyclic amines) is 1. The fourth-order valence-electron chi connectivity index (χ4n) is 2.30. The zero-order valence-corrected chi connectivity index (χ0v) is 11.4. The van der Waals surface area contributed by atoms with Crippen LogP contribution in [0.4, 0.5) is 0 Å². The Balaban J connectivity index is 2.11. The van der Waals surface area contributed by atoms with Crippen LogP contribution in [-0.2, 0) is 4.74 Å². The van der Waals surface area contributed by atoms with E-state index in [1.807, 2.05) is 0 Å². The lowest BCUT2D eigenvalue weighted by atomic mass is 10.1. The third kappa shape index (κ3) is 4.40. The van der Waals surface area contributed by atoms with E-state index in [4.69, 9.17) is 4.74 Å². The van der Waals surface area contributed by atoms with Gasteiger partial charge in [-0.2, -0.15) is 0 Å². The Morgan fingerprint density at radius 1 is 1.44 bits per heavy atom. The Labute approximate surface area is 101 Å². The fourth-order valence-corrected chi connectivity index (χ4v) is 2.30. The minimum absolute atomic E-state index is 0.00706. The first-order chi connectivity index (χ1) is 7.59. The molecule has 1 saturated heterocycles. The van der Waals surface area contributed by atoms with E-state index < -0.39 is 0 Å². The average Bonchev–Trinajstić information content (AvgIpc) is 2.72. The summed E-state index contributed by atoms with van der Waals surface area (Å²) < 4.78 is 5.40. The van der Waals surface area contributed by atoms with Crippen molar-refractivity contribution in [2.24, 2.45) is 0 Å². The zero-order valence-electron chi connectivity index (χ0n) is 11.4. The molecule has 16 heavy (non-hydrogen) atoms. The van der Waals surface area contributed by atoms with Gasteiger partial charge in [-0.3, -0.25) is 4.90 Å². The van der Waals surface area contributed by atoms with Gasteiger partial charge in [0, 0.05) is 19.7 Å². The van der Waals surface area contributed by atoms with Crippen LogP contribution in [0.5, 0.6) is 0 Å². The largest absolute Gasteiger partial charge is 0.379 e. The Hall–Kier alpha value is -0.120. The van der Waals surface area contributed by atoms with Crippen molar-refractivity contribution in [3.63, 3.8) is 0 Å². The number of nitrogens with zero attached hydrogens (tertiary/aromatic N) is 1. The second-order valence-electron chi connectivity index (χ2n) is 5.34. The lowest BCUT2D eigenvalue weighted by Crippen LogP contribution is -2.39. The van der Waals surface area contributed by atoms with Crippen LogP contribution in [0.2, 0.25) is 0 Å². The van der Waals surface area contributed by atoms with E-state index in [1.165, 1.54) is 25.9 Å². The first kappa shape index (κ1) is 13.9. The number of hydrogen-bond donors (Lipinski definition) is 1. The molecule has 1 aliphatic rings. The van der Waals surface area contributed by atoms with Crippen LogP contribution in [0.3, 0.4) is 0 Å². The Bertz CT molecular complexity index is 194. The van der Waals surface area contributed by atoms with Crippen molar-refractivity contribution in [3.8, 4) is 0 Å². The molecule has 3 nitrogen and oxygen atoms in total. The molecule has 0 amide bonds. The minimum atomic E-state index is 0.00706. The summed E-state index contributed by atoms with van der Waals surface area (Å²) in [6.07, 6.45) is 3.79. The molecule has 1 N–H and O–H groups in total. The summed E-state index contributed by atoms with van der Waals surface area (Å²) in [6, 6.07) is 0.760. The predicted octanol–water partition coefficient (Wildman–Crippen LogP) is 1.88. The summed E-state index contributed by atoms with van der Waals surface area (Å²) in [5, 5.41) is 3.56. The third-order valence-electron chi connectivity index (χ3n) is 3.74. The normalized spacial score (nSPS) is 22.9. The van der Waals surface area contributed by atoms with Crippen molar-refractivity contribution < 1.29 is 4.74 Å². The molecule has 1 fully saturated rings. The maximum Gasteiger partial charge on any atom is 0.0634 e. The molecule has 0 bridgehead atoms. The van der Waals surface area contributed by atoms with Crippen molar-refractivity contribution in [1.82, 2.24) is 10.2 Å². The lowest BCUT2D eigenvalue weighted by Gasteiger charge is -2.25. The van der Waals surface area contributed by atoms with Crippen molar-refractivity contribution in [2.45, 2.75) is 51.7 Å². The molecule has 0 spiro atoms. The van der Waals surface area contributed by atoms with E-state index in [1.54, 1.807) is 7.11 Å². The van der Waals surface area contributed by atoms with Crippen LogP contribution >= 0.6 is 0 Å². The van der Waals surface area contributed by atoms with E-state index in [9.17, 15) is 0 Å². The number of hydrogen-bond acceptors (Lipinski definition) is 3. The van der Waals surface area contributed by atoms with E-state index >= 15 is 0 Å². The molecule has 3 heteroatoms. The Morgan fingerprint density at radius 3 is 2.81 bits per heavy atom. The molecular formula is C13H28N2O. The Kier molecular flexibility index (Phi) is 5.73. The third-order valence-corrected chi connectivity index (χ3v) is 3.74. The van der Waals surface area contributed by atoms with Crippen molar-refractivity contribution in [2.75, 3.05) is 33.3 Å². The topological polar surface area (TPSA) is 24.5 Å². The van der Waals surface area contributed by atoms with Crippen molar-refractivity contribution in [3.05, 3.63) is 0 Å². The fraction of sp³-hybridized carbons (Fsp3) is 1.00. The van der Waals surface area contributed by atoms with Gasteiger partial charge < -0.3 is 10.1 Å². The maximum atomic E-state index is 5.40. The lowest BCUT2D eigenvalue weighted by molar-refractivity contribution is 0.0156. The van der Waals surface area contributed by atoms with Crippen LogP contribution in [0.1, 0.15) is 40.0 Å². The van der Waals surface area contributed by atoms with Gasteiger partial charge in [0.2, 0.25) is 0 Å². The molecule has 1 heterocycles. The summed E-state index contributed by atoms with van der Waals surface area (Å²) in [4.78, 5) is 2.58. The highest BCUT2D eigenvalue weighted by atomic mass is 16.5. The van der Waals surface area contributed by atoms with Gasteiger partial charge in [-0.1, -0.05) is 6.92 Å². The van der Waals surface area contributed by atoms with Gasteiger partial charge >= 0.3 is 0 Å². The highest BCUT2D eigenvalue weighted by molar-refractivity contribution is 4.80. The molecule has 1 aliphatic heterocycles. The van der Waals surface area contributed by atoms with Gasteiger partial charge in [-0.25, -0.2) is 0 Å². The van der Waals surface area contributed by atoms with Crippen molar-refractivity contribution in [1.29, 1.82) is 0 Å². The van der Waals surface area contributed by atoms with Crippen LogP contribution in [-0.4, -0.2) is 49.8 Å². The quantitative estimate of drug-likeness (QED) is 0.673. The molecular weight excluding hydrogens is 200 g/mol. The number of ether oxygens (including phenoxy) is 1.